The predicted molar refractivity (Wildman–Crippen MR) is 123 cm³/mol. The lowest BCUT2D eigenvalue weighted by Crippen LogP contribution is -2.29. The molecule has 0 saturated carbocycles. The average Bonchev–Trinajstić information content (AvgIpc) is 3.25. The van der Waals surface area contributed by atoms with Crippen molar-refractivity contribution in [2.24, 2.45) is 0 Å². The smallest absolute Gasteiger partial charge is 0.297 e. The molecule has 0 spiro atoms. The summed E-state index contributed by atoms with van der Waals surface area (Å²) < 4.78 is 12.0. The van der Waals surface area contributed by atoms with E-state index in [1.807, 2.05) is 38.1 Å². The fourth-order valence-electron chi connectivity index (χ4n) is 3.80. The summed E-state index contributed by atoms with van der Waals surface area (Å²) in [7, 11) is 1.59. The number of amides is 1. The number of ether oxygens (including phenoxy) is 1. The molecule has 31 heavy (non-hydrogen) atoms. The first kappa shape index (κ1) is 20.0. The van der Waals surface area contributed by atoms with Crippen molar-refractivity contribution in [1.82, 2.24) is 4.98 Å². The highest BCUT2D eigenvalue weighted by atomic mass is 79.9. The van der Waals surface area contributed by atoms with E-state index in [0.29, 0.717) is 27.4 Å². The van der Waals surface area contributed by atoms with Crippen molar-refractivity contribution >= 4 is 49.3 Å². The third kappa shape index (κ3) is 3.09. The van der Waals surface area contributed by atoms with Crippen molar-refractivity contribution in [2.75, 3.05) is 12.0 Å². The number of rotatable bonds is 3. The van der Waals surface area contributed by atoms with Crippen molar-refractivity contribution in [3.63, 3.8) is 0 Å². The quantitative estimate of drug-likeness (QED) is 0.380. The van der Waals surface area contributed by atoms with Gasteiger partial charge >= 0.3 is 0 Å². The fraction of sp³-hybridized carbons (Fsp3) is 0.174. The number of hydrogen-bond donors (Lipinski definition) is 0. The Balaban J connectivity index is 1.80. The lowest BCUT2D eigenvalue weighted by molar-refractivity contribution is 0.0971. The van der Waals surface area contributed by atoms with Crippen LogP contribution in [-0.4, -0.2) is 18.0 Å². The minimum Gasteiger partial charge on any atom is -0.497 e. The highest BCUT2D eigenvalue weighted by molar-refractivity contribution is 9.10. The maximum Gasteiger partial charge on any atom is 0.297 e. The molecule has 0 saturated heterocycles. The average molecular weight is 497 g/mol. The second-order valence-electron chi connectivity index (χ2n) is 7.30. The Morgan fingerprint density at radius 1 is 1.13 bits per heavy atom. The number of carbonyl (C=O) groups excluding carboxylic acids is 1. The summed E-state index contributed by atoms with van der Waals surface area (Å²) in [6.07, 6.45) is 0. The Kier molecular flexibility index (Phi) is 4.71. The van der Waals surface area contributed by atoms with Gasteiger partial charge in [-0.2, -0.15) is 0 Å². The normalized spacial score (nSPS) is 15.5. The monoisotopic (exact) mass is 496 g/mol. The SMILES string of the molecule is COc1ccc(C2c3c(oc4ccc(Br)cc4c3=O)C(=O)N2c2nc(C)c(C)s2)cc1. The Hall–Kier alpha value is -2.97. The van der Waals surface area contributed by atoms with Crippen LogP contribution in [0.25, 0.3) is 11.0 Å². The Labute approximate surface area is 190 Å². The molecule has 0 N–H and O–H groups in total. The van der Waals surface area contributed by atoms with E-state index < -0.39 is 6.04 Å². The van der Waals surface area contributed by atoms with E-state index in [1.165, 1.54) is 11.3 Å². The van der Waals surface area contributed by atoms with Crippen LogP contribution in [0.2, 0.25) is 0 Å². The maximum absolute atomic E-state index is 13.6. The molecule has 6 nitrogen and oxygen atoms in total. The number of fused-ring (bicyclic) bond motifs is 2. The Morgan fingerprint density at radius 2 is 1.87 bits per heavy atom. The number of nitrogens with zero attached hydrogens (tertiary/aromatic N) is 2. The van der Waals surface area contributed by atoms with Gasteiger partial charge in [0.1, 0.15) is 11.3 Å². The molecule has 0 bridgehead atoms. The van der Waals surface area contributed by atoms with Crippen LogP contribution in [0, 0.1) is 13.8 Å². The summed E-state index contributed by atoms with van der Waals surface area (Å²) in [5.41, 5.74) is 2.11. The number of benzene rings is 2. The van der Waals surface area contributed by atoms with Gasteiger partial charge in [-0.3, -0.25) is 14.5 Å². The van der Waals surface area contributed by atoms with Gasteiger partial charge in [-0.1, -0.05) is 28.1 Å². The molecular weight excluding hydrogens is 480 g/mol. The summed E-state index contributed by atoms with van der Waals surface area (Å²) in [6.45, 7) is 3.86. The number of anilines is 1. The molecule has 0 aliphatic carbocycles. The summed E-state index contributed by atoms with van der Waals surface area (Å²) in [5, 5.41) is 0.963. The molecule has 8 heteroatoms. The molecule has 1 amide bonds. The number of thiazole rings is 1. The maximum atomic E-state index is 13.6. The van der Waals surface area contributed by atoms with Crippen molar-refractivity contribution < 1.29 is 13.9 Å². The Bertz CT molecular complexity index is 1390. The molecule has 2 aromatic heterocycles. The van der Waals surface area contributed by atoms with E-state index in [0.717, 1.165) is 20.6 Å². The van der Waals surface area contributed by atoms with Crippen molar-refractivity contribution in [2.45, 2.75) is 19.9 Å². The van der Waals surface area contributed by atoms with Gasteiger partial charge in [-0.05, 0) is 49.7 Å². The molecular formula is C23H17BrN2O4S. The molecule has 1 unspecified atom stereocenters. The molecule has 3 heterocycles. The first-order chi connectivity index (χ1) is 14.9. The third-order valence-corrected chi connectivity index (χ3v) is 7.05. The Morgan fingerprint density at radius 3 is 2.52 bits per heavy atom. The van der Waals surface area contributed by atoms with Crippen LogP contribution in [0.4, 0.5) is 5.13 Å². The number of carbonyl (C=O) groups is 1. The molecule has 0 radical (unpaired) electrons. The molecule has 1 aliphatic heterocycles. The van der Waals surface area contributed by atoms with Crippen molar-refractivity contribution in [1.29, 1.82) is 0 Å². The van der Waals surface area contributed by atoms with Crippen molar-refractivity contribution in [3.05, 3.63) is 84.6 Å². The van der Waals surface area contributed by atoms with Crippen LogP contribution < -0.4 is 15.1 Å². The number of methoxy groups -OCH3 is 1. The molecule has 5 rings (SSSR count). The van der Waals surface area contributed by atoms with Gasteiger partial charge in [0, 0.05) is 9.35 Å². The van der Waals surface area contributed by atoms with E-state index in [1.54, 1.807) is 30.2 Å². The van der Waals surface area contributed by atoms with Crippen LogP contribution in [0.15, 0.2) is 56.1 Å². The lowest BCUT2D eigenvalue weighted by Gasteiger charge is -2.22. The summed E-state index contributed by atoms with van der Waals surface area (Å²) in [6, 6.07) is 11.9. The summed E-state index contributed by atoms with van der Waals surface area (Å²) >= 11 is 4.84. The summed E-state index contributed by atoms with van der Waals surface area (Å²) in [4.78, 5) is 34.3. The third-order valence-electron chi connectivity index (χ3n) is 5.49. The van der Waals surface area contributed by atoms with Gasteiger partial charge in [0.15, 0.2) is 10.6 Å². The van der Waals surface area contributed by atoms with Gasteiger partial charge in [-0.15, -0.1) is 11.3 Å². The van der Waals surface area contributed by atoms with E-state index in [2.05, 4.69) is 20.9 Å². The zero-order valence-electron chi connectivity index (χ0n) is 16.9. The molecule has 2 aromatic carbocycles. The minimum atomic E-state index is -0.641. The number of halogens is 1. The minimum absolute atomic E-state index is 0.0612. The van der Waals surface area contributed by atoms with E-state index in [9.17, 15) is 9.59 Å². The topological polar surface area (TPSA) is 72.6 Å². The summed E-state index contributed by atoms with van der Waals surface area (Å²) in [5.74, 6) is 0.382. The van der Waals surface area contributed by atoms with Gasteiger partial charge in [0.25, 0.3) is 5.91 Å². The molecule has 1 aliphatic rings. The van der Waals surface area contributed by atoms with E-state index in [-0.39, 0.29) is 17.1 Å². The zero-order chi connectivity index (χ0) is 21.9. The van der Waals surface area contributed by atoms with Crippen LogP contribution >= 0.6 is 27.3 Å². The van der Waals surface area contributed by atoms with Crippen LogP contribution in [-0.2, 0) is 0 Å². The van der Waals surface area contributed by atoms with Gasteiger partial charge in [0.05, 0.1) is 29.8 Å². The number of aryl methyl sites for hydroxylation is 2. The van der Waals surface area contributed by atoms with Gasteiger partial charge in [0.2, 0.25) is 5.76 Å². The highest BCUT2D eigenvalue weighted by Crippen LogP contribution is 2.43. The second-order valence-corrected chi connectivity index (χ2v) is 9.40. The standard InChI is InChI=1S/C23H17BrN2O4S/c1-11-12(2)31-23(25-11)26-19(13-4-7-15(29-3)8-5-13)18-20(27)16-10-14(24)6-9-17(16)30-21(18)22(26)28/h4-10,19H,1-3H3. The number of aromatic nitrogens is 1. The largest absolute Gasteiger partial charge is 0.497 e. The first-order valence-corrected chi connectivity index (χ1v) is 11.2. The fourth-order valence-corrected chi connectivity index (χ4v) is 5.10. The van der Waals surface area contributed by atoms with Gasteiger partial charge in [-0.25, -0.2) is 4.98 Å². The molecule has 1 atom stereocenters. The zero-order valence-corrected chi connectivity index (χ0v) is 19.3. The molecule has 156 valence electrons. The van der Waals surface area contributed by atoms with Crippen LogP contribution in [0.5, 0.6) is 5.75 Å². The first-order valence-electron chi connectivity index (χ1n) is 9.57. The van der Waals surface area contributed by atoms with E-state index in [4.69, 9.17) is 9.15 Å². The molecule has 4 aromatic rings. The molecule has 0 fully saturated rings. The predicted octanol–water partition coefficient (Wildman–Crippen LogP) is 5.39. The van der Waals surface area contributed by atoms with Gasteiger partial charge < -0.3 is 9.15 Å². The highest BCUT2D eigenvalue weighted by Gasteiger charge is 2.45. The van der Waals surface area contributed by atoms with Crippen LogP contribution in [0.1, 0.15) is 38.3 Å². The van der Waals surface area contributed by atoms with E-state index >= 15 is 0 Å². The van der Waals surface area contributed by atoms with Crippen molar-refractivity contribution in [3.8, 4) is 5.75 Å². The number of hydrogen-bond acceptors (Lipinski definition) is 6. The van der Waals surface area contributed by atoms with Crippen LogP contribution in [0.3, 0.4) is 0 Å². The second kappa shape index (κ2) is 7.32. The lowest BCUT2D eigenvalue weighted by atomic mass is 9.98.